The second kappa shape index (κ2) is 4.73. The van der Waals surface area contributed by atoms with E-state index in [4.69, 9.17) is 10.8 Å². The van der Waals surface area contributed by atoms with Crippen molar-refractivity contribution in [1.29, 1.82) is 0 Å². The van der Waals surface area contributed by atoms with E-state index in [1.165, 1.54) is 0 Å². The summed E-state index contributed by atoms with van der Waals surface area (Å²) < 4.78 is 0. The molecule has 0 fully saturated rings. The number of nitrogens with zero attached hydrogens (tertiary/aromatic N) is 1. The van der Waals surface area contributed by atoms with Crippen molar-refractivity contribution in [1.82, 2.24) is 15.3 Å². The maximum absolute atomic E-state index is 10.5. The van der Waals surface area contributed by atoms with Crippen molar-refractivity contribution in [3.05, 3.63) is 17.7 Å². The second-order valence-electron chi connectivity index (χ2n) is 3.02. The summed E-state index contributed by atoms with van der Waals surface area (Å²) in [6, 6.07) is 0. The summed E-state index contributed by atoms with van der Waals surface area (Å²) in [5.41, 5.74) is 6.70. The molecule has 78 valence electrons. The van der Waals surface area contributed by atoms with E-state index >= 15 is 0 Å². The summed E-state index contributed by atoms with van der Waals surface area (Å²) in [7, 11) is 0. The fourth-order valence-electron chi connectivity index (χ4n) is 0.993. The molecule has 1 aromatic heterocycles. The molecule has 0 saturated heterocycles. The first kappa shape index (κ1) is 10.7. The molecule has 6 heteroatoms. The standard InChI is InChI=1S/C8H14N4O2/c1-5-6(12-4-11-5)2-10-3-7(13)8(9)14/h4,7,10,13H,2-3H2,1H3,(H2,9,14)(H,11,12). The molecule has 0 saturated carbocycles. The number of aliphatic hydroxyl groups excluding tert-OH is 1. The molecule has 0 radical (unpaired) electrons. The number of imidazole rings is 1. The van der Waals surface area contributed by atoms with Crippen molar-refractivity contribution in [2.45, 2.75) is 19.6 Å². The first-order valence-corrected chi connectivity index (χ1v) is 4.28. The van der Waals surface area contributed by atoms with Gasteiger partial charge < -0.3 is 21.1 Å². The van der Waals surface area contributed by atoms with Gasteiger partial charge in [-0.25, -0.2) is 4.98 Å². The SMILES string of the molecule is Cc1[nH]cnc1CNCC(O)C(N)=O. The zero-order valence-corrected chi connectivity index (χ0v) is 7.95. The molecule has 5 N–H and O–H groups in total. The average Bonchev–Trinajstić information content (AvgIpc) is 2.51. The van der Waals surface area contributed by atoms with Gasteiger partial charge in [0.05, 0.1) is 12.0 Å². The van der Waals surface area contributed by atoms with Gasteiger partial charge >= 0.3 is 0 Å². The van der Waals surface area contributed by atoms with Crippen LogP contribution in [0.5, 0.6) is 0 Å². The number of aliphatic hydroxyl groups is 1. The highest BCUT2D eigenvalue weighted by Gasteiger charge is 2.10. The van der Waals surface area contributed by atoms with Gasteiger partial charge in [0.25, 0.3) is 0 Å². The van der Waals surface area contributed by atoms with Gasteiger partial charge in [0.1, 0.15) is 6.10 Å². The maximum atomic E-state index is 10.5. The molecule has 14 heavy (non-hydrogen) atoms. The van der Waals surface area contributed by atoms with E-state index in [2.05, 4.69) is 15.3 Å². The monoisotopic (exact) mass is 198 g/mol. The number of hydrogen-bond acceptors (Lipinski definition) is 4. The van der Waals surface area contributed by atoms with Crippen molar-refractivity contribution in [2.75, 3.05) is 6.54 Å². The van der Waals surface area contributed by atoms with E-state index in [1.807, 2.05) is 6.92 Å². The highest BCUT2D eigenvalue weighted by molar-refractivity contribution is 5.78. The van der Waals surface area contributed by atoms with Crippen LogP contribution in [-0.4, -0.2) is 33.6 Å². The third kappa shape index (κ3) is 2.82. The highest BCUT2D eigenvalue weighted by Crippen LogP contribution is 1.98. The van der Waals surface area contributed by atoms with Crippen LogP contribution in [0, 0.1) is 6.92 Å². The maximum Gasteiger partial charge on any atom is 0.247 e. The van der Waals surface area contributed by atoms with Gasteiger partial charge in [-0.05, 0) is 6.92 Å². The van der Waals surface area contributed by atoms with Gasteiger partial charge in [-0.1, -0.05) is 0 Å². The summed E-state index contributed by atoms with van der Waals surface area (Å²) in [4.78, 5) is 17.4. The lowest BCUT2D eigenvalue weighted by Crippen LogP contribution is -2.37. The number of rotatable bonds is 5. The number of primary amides is 1. The van der Waals surface area contributed by atoms with Gasteiger partial charge in [0.2, 0.25) is 5.91 Å². The molecule has 1 heterocycles. The summed E-state index contributed by atoms with van der Waals surface area (Å²) >= 11 is 0. The summed E-state index contributed by atoms with van der Waals surface area (Å²) in [5, 5.41) is 11.9. The third-order valence-electron chi connectivity index (χ3n) is 1.89. The van der Waals surface area contributed by atoms with Gasteiger partial charge in [-0.2, -0.15) is 0 Å². The number of amides is 1. The number of nitrogens with one attached hydrogen (secondary N) is 2. The Morgan fingerprint density at radius 3 is 3.07 bits per heavy atom. The topological polar surface area (TPSA) is 104 Å². The molecule has 1 unspecified atom stereocenters. The lowest BCUT2D eigenvalue weighted by molar-refractivity contribution is -0.125. The molecule has 1 rings (SSSR count). The molecular weight excluding hydrogens is 184 g/mol. The predicted octanol–water partition coefficient (Wildman–Crippen LogP) is -1.35. The summed E-state index contributed by atoms with van der Waals surface area (Å²) in [6.07, 6.45) is 0.450. The van der Waals surface area contributed by atoms with Crippen LogP contribution < -0.4 is 11.1 Å². The molecule has 1 atom stereocenters. The Morgan fingerprint density at radius 2 is 2.57 bits per heavy atom. The number of aromatic amines is 1. The number of H-pyrrole nitrogens is 1. The zero-order chi connectivity index (χ0) is 10.6. The number of aromatic nitrogens is 2. The average molecular weight is 198 g/mol. The zero-order valence-electron chi connectivity index (χ0n) is 7.95. The van der Waals surface area contributed by atoms with Crippen LogP contribution in [-0.2, 0) is 11.3 Å². The van der Waals surface area contributed by atoms with Crippen LogP contribution in [0.3, 0.4) is 0 Å². The van der Waals surface area contributed by atoms with Crippen LogP contribution in [0.2, 0.25) is 0 Å². The molecule has 0 spiro atoms. The lowest BCUT2D eigenvalue weighted by atomic mass is 10.3. The Hall–Kier alpha value is -1.40. The fourth-order valence-corrected chi connectivity index (χ4v) is 0.993. The molecule has 0 aromatic carbocycles. The summed E-state index contributed by atoms with van der Waals surface area (Å²) in [6.45, 7) is 2.54. The van der Waals surface area contributed by atoms with Gasteiger partial charge in [0.15, 0.2) is 0 Å². The number of carbonyl (C=O) groups is 1. The van der Waals surface area contributed by atoms with Gasteiger partial charge in [-0.3, -0.25) is 4.79 Å². The quantitative estimate of drug-likeness (QED) is 0.469. The van der Waals surface area contributed by atoms with Crippen molar-refractivity contribution in [2.24, 2.45) is 5.73 Å². The molecule has 1 aromatic rings. The number of nitrogens with two attached hydrogens (primary N) is 1. The Morgan fingerprint density at radius 1 is 1.86 bits per heavy atom. The molecule has 0 bridgehead atoms. The number of hydrogen-bond donors (Lipinski definition) is 4. The van der Waals surface area contributed by atoms with Crippen molar-refractivity contribution in [3.8, 4) is 0 Å². The first-order chi connectivity index (χ1) is 6.61. The smallest absolute Gasteiger partial charge is 0.247 e. The van der Waals surface area contributed by atoms with Crippen LogP contribution in [0.4, 0.5) is 0 Å². The first-order valence-electron chi connectivity index (χ1n) is 4.28. The minimum absolute atomic E-state index is 0.141. The van der Waals surface area contributed by atoms with E-state index in [0.29, 0.717) is 6.54 Å². The molecule has 0 aliphatic carbocycles. The molecule has 0 aliphatic rings. The van der Waals surface area contributed by atoms with Gasteiger partial charge in [0, 0.05) is 18.8 Å². The molecular formula is C8H14N4O2. The van der Waals surface area contributed by atoms with Crippen molar-refractivity contribution >= 4 is 5.91 Å². The lowest BCUT2D eigenvalue weighted by Gasteiger charge is -2.07. The van der Waals surface area contributed by atoms with E-state index in [1.54, 1.807) is 6.33 Å². The Labute approximate surface area is 81.5 Å². The van der Waals surface area contributed by atoms with Crippen LogP contribution in [0.15, 0.2) is 6.33 Å². The summed E-state index contributed by atoms with van der Waals surface area (Å²) in [5.74, 6) is -0.726. The normalized spacial score (nSPS) is 12.7. The largest absolute Gasteiger partial charge is 0.382 e. The Bertz CT molecular complexity index is 310. The Kier molecular flexibility index (Phi) is 3.61. The molecule has 1 amide bonds. The van der Waals surface area contributed by atoms with Crippen LogP contribution in [0.1, 0.15) is 11.4 Å². The number of carbonyl (C=O) groups excluding carboxylic acids is 1. The Balaban J connectivity index is 2.29. The number of aryl methyl sites for hydroxylation is 1. The molecule has 6 nitrogen and oxygen atoms in total. The highest BCUT2D eigenvalue weighted by atomic mass is 16.3. The van der Waals surface area contributed by atoms with Gasteiger partial charge in [-0.15, -0.1) is 0 Å². The second-order valence-corrected chi connectivity index (χ2v) is 3.02. The van der Waals surface area contributed by atoms with E-state index in [9.17, 15) is 4.79 Å². The molecule has 0 aliphatic heterocycles. The third-order valence-corrected chi connectivity index (χ3v) is 1.89. The minimum atomic E-state index is -1.14. The van der Waals surface area contributed by atoms with Crippen LogP contribution in [0.25, 0.3) is 0 Å². The van der Waals surface area contributed by atoms with E-state index in [-0.39, 0.29) is 6.54 Å². The predicted molar refractivity (Wildman–Crippen MR) is 50.2 cm³/mol. The van der Waals surface area contributed by atoms with Crippen LogP contribution >= 0.6 is 0 Å². The minimum Gasteiger partial charge on any atom is -0.382 e. The fraction of sp³-hybridized carbons (Fsp3) is 0.500. The van der Waals surface area contributed by atoms with E-state index < -0.39 is 12.0 Å². The van der Waals surface area contributed by atoms with E-state index in [0.717, 1.165) is 11.4 Å². The van der Waals surface area contributed by atoms with Crippen molar-refractivity contribution in [3.63, 3.8) is 0 Å². The van der Waals surface area contributed by atoms with Crippen molar-refractivity contribution < 1.29 is 9.90 Å².